The predicted molar refractivity (Wildman–Crippen MR) is 121 cm³/mol. The van der Waals surface area contributed by atoms with E-state index in [0.717, 1.165) is 5.56 Å². The molecule has 0 fully saturated rings. The molecule has 0 saturated heterocycles. The van der Waals surface area contributed by atoms with Crippen LogP contribution in [0.4, 0.5) is 5.69 Å². The maximum Gasteiger partial charge on any atom is 0.291 e. The van der Waals surface area contributed by atoms with E-state index >= 15 is 0 Å². The SMILES string of the molecule is CCN(CC)S(=O)(=O)c1cccc(C(=O)NCc2cccc(NC(=O)c3ccco3)c2)c1. The molecule has 0 radical (unpaired) electrons. The number of anilines is 1. The maximum absolute atomic E-state index is 12.7. The number of carbonyl (C=O) groups excluding carboxylic acids is 2. The molecule has 2 amide bonds. The molecule has 2 N–H and O–H groups in total. The largest absolute Gasteiger partial charge is 0.459 e. The topological polar surface area (TPSA) is 109 Å². The minimum absolute atomic E-state index is 0.0801. The third-order valence-corrected chi connectivity index (χ3v) is 6.87. The van der Waals surface area contributed by atoms with E-state index in [1.165, 1.54) is 22.7 Å². The summed E-state index contributed by atoms with van der Waals surface area (Å²) in [6.45, 7) is 4.44. The van der Waals surface area contributed by atoms with Gasteiger partial charge in [-0.15, -0.1) is 0 Å². The second-order valence-electron chi connectivity index (χ2n) is 6.93. The zero-order valence-electron chi connectivity index (χ0n) is 17.9. The molecule has 0 atom stereocenters. The van der Waals surface area contributed by atoms with Crippen LogP contribution in [0.25, 0.3) is 0 Å². The van der Waals surface area contributed by atoms with Gasteiger partial charge in [-0.1, -0.05) is 32.0 Å². The normalized spacial score (nSPS) is 11.3. The number of sulfonamides is 1. The lowest BCUT2D eigenvalue weighted by Gasteiger charge is -2.18. The molecular weight excluding hydrogens is 430 g/mol. The Balaban J connectivity index is 1.67. The lowest BCUT2D eigenvalue weighted by Crippen LogP contribution is -2.31. The van der Waals surface area contributed by atoms with E-state index in [0.29, 0.717) is 18.8 Å². The number of benzene rings is 2. The zero-order chi connectivity index (χ0) is 23.1. The van der Waals surface area contributed by atoms with Crippen LogP contribution < -0.4 is 10.6 Å². The number of hydrogen-bond acceptors (Lipinski definition) is 5. The predicted octanol–water partition coefficient (Wildman–Crippen LogP) is 3.49. The molecule has 32 heavy (non-hydrogen) atoms. The van der Waals surface area contributed by atoms with Crippen molar-refractivity contribution in [3.8, 4) is 0 Å². The summed E-state index contributed by atoms with van der Waals surface area (Å²) < 4.78 is 31.8. The molecule has 0 saturated carbocycles. The van der Waals surface area contributed by atoms with Gasteiger partial charge in [0.25, 0.3) is 11.8 Å². The molecule has 0 aliphatic carbocycles. The lowest BCUT2D eigenvalue weighted by atomic mass is 10.1. The van der Waals surface area contributed by atoms with Gasteiger partial charge in [-0.3, -0.25) is 9.59 Å². The molecule has 9 heteroatoms. The summed E-state index contributed by atoms with van der Waals surface area (Å²) in [6, 6.07) is 16.2. The highest BCUT2D eigenvalue weighted by atomic mass is 32.2. The highest BCUT2D eigenvalue weighted by Gasteiger charge is 2.22. The van der Waals surface area contributed by atoms with Crippen molar-refractivity contribution in [2.24, 2.45) is 0 Å². The van der Waals surface area contributed by atoms with Gasteiger partial charge >= 0.3 is 0 Å². The number of hydrogen-bond donors (Lipinski definition) is 2. The van der Waals surface area contributed by atoms with Gasteiger partial charge in [-0.05, 0) is 48.0 Å². The van der Waals surface area contributed by atoms with E-state index < -0.39 is 15.9 Å². The van der Waals surface area contributed by atoms with E-state index in [2.05, 4.69) is 10.6 Å². The van der Waals surface area contributed by atoms with Crippen LogP contribution in [0.2, 0.25) is 0 Å². The Kier molecular flexibility index (Phi) is 7.45. The van der Waals surface area contributed by atoms with E-state index in [9.17, 15) is 18.0 Å². The van der Waals surface area contributed by atoms with Crippen LogP contribution in [0, 0.1) is 0 Å². The van der Waals surface area contributed by atoms with Crippen molar-refractivity contribution >= 4 is 27.5 Å². The highest BCUT2D eigenvalue weighted by Crippen LogP contribution is 2.17. The van der Waals surface area contributed by atoms with Crippen LogP contribution in [-0.4, -0.2) is 37.6 Å². The number of amides is 2. The second-order valence-corrected chi connectivity index (χ2v) is 8.87. The molecule has 2 aromatic carbocycles. The summed E-state index contributed by atoms with van der Waals surface area (Å²) in [5.74, 6) is -0.572. The Hall–Kier alpha value is -3.43. The summed E-state index contributed by atoms with van der Waals surface area (Å²) in [5, 5.41) is 5.51. The maximum atomic E-state index is 12.7. The van der Waals surface area contributed by atoms with Crippen molar-refractivity contribution in [2.75, 3.05) is 18.4 Å². The van der Waals surface area contributed by atoms with Crippen molar-refractivity contribution in [1.82, 2.24) is 9.62 Å². The number of nitrogens with one attached hydrogen (secondary N) is 2. The molecule has 3 rings (SSSR count). The van der Waals surface area contributed by atoms with E-state index in [-0.39, 0.29) is 28.7 Å². The van der Waals surface area contributed by atoms with Gasteiger partial charge in [0.1, 0.15) is 0 Å². The molecule has 0 spiro atoms. The van der Waals surface area contributed by atoms with Gasteiger partial charge in [0.05, 0.1) is 11.2 Å². The van der Waals surface area contributed by atoms with Gasteiger partial charge in [0.2, 0.25) is 10.0 Å². The molecule has 1 heterocycles. The number of nitrogens with zero attached hydrogens (tertiary/aromatic N) is 1. The first-order valence-corrected chi connectivity index (χ1v) is 11.6. The minimum atomic E-state index is -3.65. The third kappa shape index (κ3) is 5.43. The summed E-state index contributed by atoms with van der Waals surface area (Å²) >= 11 is 0. The molecule has 0 aliphatic heterocycles. The van der Waals surface area contributed by atoms with Gasteiger partial charge in [-0.2, -0.15) is 4.31 Å². The van der Waals surface area contributed by atoms with Crippen molar-refractivity contribution in [2.45, 2.75) is 25.3 Å². The average Bonchev–Trinajstić information content (AvgIpc) is 3.34. The number of rotatable bonds is 9. The van der Waals surface area contributed by atoms with Crippen molar-refractivity contribution < 1.29 is 22.4 Å². The van der Waals surface area contributed by atoms with Crippen LogP contribution in [0.3, 0.4) is 0 Å². The Bertz CT molecular complexity index is 1190. The molecule has 3 aromatic rings. The zero-order valence-corrected chi connectivity index (χ0v) is 18.7. The first-order chi connectivity index (χ1) is 15.3. The van der Waals surface area contributed by atoms with E-state index in [1.807, 2.05) is 6.07 Å². The third-order valence-electron chi connectivity index (χ3n) is 4.82. The standard InChI is InChI=1S/C23H25N3O5S/c1-3-26(4-2)32(29,30)20-11-6-9-18(15-20)22(27)24-16-17-8-5-10-19(14-17)25-23(28)21-12-7-13-31-21/h5-15H,3-4,16H2,1-2H3,(H,24,27)(H,25,28). The Labute approximate surface area is 187 Å². The van der Waals surface area contributed by atoms with Gasteiger partial charge in [0, 0.05) is 30.9 Å². The fourth-order valence-corrected chi connectivity index (χ4v) is 4.66. The van der Waals surface area contributed by atoms with Gasteiger partial charge in [-0.25, -0.2) is 8.42 Å². The molecule has 0 bridgehead atoms. The minimum Gasteiger partial charge on any atom is -0.459 e. The van der Waals surface area contributed by atoms with Crippen LogP contribution >= 0.6 is 0 Å². The van der Waals surface area contributed by atoms with Crippen molar-refractivity contribution in [3.63, 3.8) is 0 Å². The van der Waals surface area contributed by atoms with Crippen LogP contribution in [0.15, 0.2) is 76.2 Å². The first-order valence-electron chi connectivity index (χ1n) is 10.2. The quantitative estimate of drug-likeness (QED) is 0.513. The summed E-state index contributed by atoms with van der Waals surface area (Å²) in [7, 11) is -3.65. The molecule has 168 valence electrons. The average molecular weight is 456 g/mol. The van der Waals surface area contributed by atoms with Gasteiger partial charge in [0.15, 0.2) is 5.76 Å². The van der Waals surface area contributed by atoms with Gasteiger partial charge < -0.3 is 15.1 Å². The Morgan fingerprint density at radius 2 is 1.69 bits per heavy atom. The second kappa shape index (κ2) is 10.3. The summed E-state index contributed by atoms with van der Waals surface area (Å²) in [5.41, 5.74) is 1.58. The molecule has 8 nitrogen and oxygen atoms in total. The van der Waals surface area contributed by atoms with E-state index in [4.69, 9.17) is 4.42 Å². The lowest BCUT2D eigenvalue weighted by molar-refractivity contribution is 0.0949. The molecule has 0 unspecified atom stereocenters. The molecule has 1 aromatic heterocycles. The van der Waals surface area contributed by atoms with Crippen molar-refractivity contribution in [1.29, 1.82) is 0 Å². The Morgan fingerprint density at radius 3 is 2.38 bits per heavy atom. The Morgan fingerprint density at radius 1 is 0.938 bits per heavy atom. The fourth-order valence-electron chi connectivity index (χ4n) is 3.15. The van der Waals surface area contributed by atoms with Crippen LogP contribution in [0.1, 0.15) is 40.3 Å². The smallest absolute Gasteiger partial charge is 0.291 e. The fraction of sp³-hybridized carbons (Fsp3) is 0.217. The van der Waals surface area contributed by atoms with Crippen LogP contribution in [-0.2, 0) is 16.6 Å². The first kappa shape index (κ1) is 23.2. The summed E-state index contributed by atoms with van der Waals surface area (Å²) in [4.78, 5) is 24.8. The summed E-state index contributed by atoms with van der Waals surface area (Å²) in [6.07, 6.45) is 1.42. The van der Waals surface area contributed by atoms with Crippen LogP contribution in [0.5, 0.6) is 0 Å². The molecular formula is C23H25N3O5S. The molecule has 0 aliphatic rings. The van der Waals surface area contributed by atoms with Crippen molar-refractivity contribution in [3.05, 3.63) is 83.8 Å². The number of carbonyl (C=O) groups is 2. The number of furan rings is 1. The monoisotopic (exact) mass is 455 g/mol. The highest BCUT2D eigenvalue weighted by molar-refractivity contribution is 7.89. The van der Waals surface area contributed by atoms with E-state index in [1.54, 1.807) is 56.3 Å².